The van der Waals surface area contributed by atoms with Gasteiger partial charge in [-0.2, -0.15) is 4.68 Å². The zero-order chi connectivity index (χ0) is 14.7. The maximum absolute atomic E-state index is 5.73. The third-order valence-electron chi connectivity index (χ3n) is 2.90. The number of rotatable bonds is 4. The maximum atomic E-state index is 5.73. The second-order valence-electron chi connectivity index (χ2n) is 4.38. The Balaban J connectivity index is 2.00. The van der Waals surface area contributed by atoms with Crippen molar-refractivity contribution < 1.29 is 0 Å². The molecular weight excluding hydrogens is 284 g/mol. The molecule has 3 rings (SSSR count). The van der Waals surface area contributed by atoms with E-state index in [1.807, 2.05) is 49.4 Å². The van der Waals surface area contributed by atoms with Crippen LogP contribution in [0.25, 0.3) is 17.3 Å². The van der Waals surface area contributed by atoms with Crippen molar-refractivity contribution in [3.63, 3.8) is 0 Å². The summed E-state index contributed by atoms with van der Waals surface area (Å²) in [7, 11) is 0. The van der Waals surface area contributed by atoms with Gasteiger partial charge in [-0.3, -0.25) is 0 Å². The summed E-state index contributed by atoms with van der Waals surface area (Å²) in [6.45, 7) is 2.23. The molecule has 0 fully saturated rings. The number of benzene rings is 1. The molecule has 2 aromatic heterocycles. The van der Waals surface area contributed by atoms with Crippen LogP contribution in [-0.2, 0) is 6.54 Å². The summed E-state index contributed by atoms with van der Waals surface area (Å²) in [4.78, 5) is 0. The van der Waals surface area contributed by atoms with E-state index in [4.69, 9.17) is 5.73 Å². The Hall–Kier alpha value is -2.38. The van der Waals surface area contributed by atoms with Crippen molar-refractivity contribution in [2.45, 2.75) is 13.5 Å². The minimum Gasteiger partial charge on any atom is -0.325 e. The number of hydrogen-bond donors (Lipinski definition) is 1. The lowest BCUT2D eigenvalue weighted by Gasteiger charge is -1.99. The van der Waals surface area contributed by atoms with Gasteiger partial charge in [0.15, 0.2) is 0 Å². The molecule has 2 N–H and O–H groups in total. The Kier molecular flexibility index (Phi) is 3.85. The van der Waals surface area contributed by atoms with Gasteiger partial charge in [0.25, 0.3) is 0 Å². The summed E-state index contributed by atoms with van der Waals surface area (Å²) in [6, 6.07) is 10.0. The summed E-state index contributed by atoms with van der Waals surface area (Å²) in [5, 5.41) is 17.9. The van der Waals surface area contributed by atoms with E-state index in [2.05, 4.69) is 20.5 Å². The van der Waals surface area contributed by atoms with Crippen LogP contribution >= 0.6 is 11.3 Å². The van der Waals surface area contributed by atoms with Gasteiger partial charge in [-0.15, -0.1) is 15.3 Å². The lowest BCUT2D eigenvalue weighted by molar-refractivity contribution is 0.775. The van der Waals surface area contributed by atoms with E-state index in [0.717, 1.165) is 22.0 Å². The molecule has 1 aromatic carbocycles. The highest BCUT2D eigenvalue weighted by atomic mass is 32.1. The quantitative estimate of drug-likeness (QED) is 0.797. The topological polar surface area (TPSA) is 82.5 Å². The molecule has 0 spiro atoms. The van der Waals surface area contributed by atoms with E-state index in [-0.39, 0.29) is 0 Å². The van der Waals surface area contributed by atoms with E-state index in [1.165, 1.54) is 11.3 Å². The largest absolute Gasteiger partial charge is 0.325 e. The van der Waals surface area contributed by atoms with Crippen LogP contribution in [0, 0.1) is 6.92 Å². The molecule has 106 valence electrons. The van der Waals surface area contributed by atoms with Gasteiger partial charge in [0.1, 0.15) is 10.7 Å². The minimum absolute atomic E-state index is 0.326. The summed E-state index contributed by atoms with van der Waals surface area (Å²) < 4.78 is 1.67. The van der Waals surface area contributed by atoms with Crippen LogP contribution in [0.3, 0.4) is 0 Å². The van der Waals surface area contributed by atoms with Gasteiger partial charge in [-0.1, -0.05) is 53.0 Å². The molecule has 6 nitrogen and oxygen atoms in total. The molecule has 0 unspecified atom stereocenters. The first-order valence-corrected chi connectivity index (χ1v) is 7.28. The second kappa shape index (κ2) is 5.94. The third-order valence-corrected chi connectivity index (χ3v) is 3.72. The Bertz CT molecular complexity index is 759. The van der Waals surface area contributed by atoms with Crippen LogP contribution in [0.2, 0.25) is 0 Å². The fourth-order valence-corrected chi connectivity index (χ4v) is 2.53. The normalized spacial score (nSPS) is 11.3. The van der Waals surface area contributed by atoms with Crippen molar-refractivity contribution in [1.82, 2.24) is 25.2 Å². The standard InChI is InChI=1S/C14H14N6S/c1-10-16-18-14(21-10)20-13(12(9-15)17-19-20)8-7-11-5-3-2-4-6-11/h2-8H,9,15H2,1H3/b8-7+. The molecule has 2 heterocycles. The monoisotopic (exact) mass is 298 g/mol. The predicted octanol–water partition coefficient (Wildman–Crippen LogP) is 2.06. The van der Waals surface area contributed by atoms with Crippen molar-refractivity contribution in [2.75, 3.05) is 0 Å². The molecule has 0 bridgehead atoms. The first-order valence-electron chi connectivity index (χ1n) is 6.46. The summed E-state index contributed by atoms with van der Waals surface area (Å²) in [5.74, 6) is 0. The fourth-order valence-electron chi connectivity index (χ4n) is 1.88. The molecule has 0 atom stereocenters. The van der Waals surface area contributed by atoms with E-state index in [9.17, 15) is 0 Å². The summed E-state index contributed by atoms with van der Waals surface area (Å²) in [5.41, 5.74) is 8.40. The van der Waals surface area contributed by atoms with Gasteiger partial charge in [0.05, 0.1) is 5.69 Å². The van der Waals surface area contributed by atoms with Crippen LogP contribution in [0.4, 0.5) is 0 Å². The lowest BCUT2D eigenvalue weighted by Crippen LogP contribution is -2.02. The van der Waals surface area contributed by atoms with Gasteiger partial charge in [-0.05, 0) is 18.6 Å². The molecule has 0 aliphatic heterocycles. The van der Waals surface area contributed by atoms with Gasteiger partial charge in [0.2, 0.25) is 5.13 Å². The SMILES string of the molecule is Cc1nnc(-n2nnc(CN)c2/C=C/c2ccccc2)s1. The van der Waals surface area contributed by atoms with Crippen LogP contribution < -0.4 is 5.73 Å². The Labute approximate surface area is 125 Å². The van der Waals surface area contributed by atoms with Crippen molar-refractivity contribution in [3.8, 4) is 5.13 Å². The van der Waals surface area contributed by atoms with Crippen LogP contribution in [0.1, 0.15) is 22.0 Å². The van der Waals surface area contributed by atoms with Crippen LogP contribution in [0.15, 0.2) is 30.3 Å². The molecule has 0 saturated carbocycles. The molecule has 0 saturated heterocycles. The van der Waals surface area contributed by atoms with Crippen molar-refractivity contribution in [3.05, 3.63) is 52.3 Å². The van der Waals surface area contributed by atoms with E-state index >= 15 is 0 Å². The Morgan fingerprint density at radius 2 is 1.95 bits per heavy atom. The third kappa shape index (κ3) is 2.88. The number of nitrogens with zero attached hydrogens (tertiary/aromatic N) is 5. The van der Waals surface area contributed by atoms with Gasteiger partial charge in [0, 0.05) is 6.54 Å². The molecule has 0 radical (unpaired) electrons. The van der Waals surface area contributed by atoms with Crippen molar-refractivity contribution >= 4 is 23.5 Å². The van der Waals surface area contributed by atoms with E-state index in [0.29, 0.717) is 11.7 Å². The van der Waals surface area contributed by atoms with E-state index in [1.54, 1.807) is 4.68 Å². The average Bonchev–Trinajstić information content (AvgIpc) is 3.11. The highest BCUT2D eigenvalue weighted by Gasteiger charge is 2.13. The van der Waals surface area contributed by atoms with Crippen LogP contribution in [0.5, 0.6) is 0 Å². The Morgan fingerprint density at radius 3 is 2.62 bits per heavy atom. The Morgan fingerprint density at radius 1 is 1.14 bits per heavy atom. The average molecular weight is 298 g/mol. The molecule has 0 aliphatic rings. The number of aryl methyl sites for hydroxylation is 1. The van der Waals surface area contributed by atoms with Gasteiger partial charge in [-0.25, -0.2) is 0 Å². The molecule has 21 heavy (non-hydrogen) atoms. The van der Waals surface area contributed by atoms with Gasteiger partial charge < -0.3 is 5.73 Å². The lowest BCUT2D eigenvalue weighted by atomic mass is 10.2. The molecular formula is C14H14N6S. The zero-order valence-electron chi connectivity index (χ0n) is 11.5. The van der Waals surface area contributed by atoms with Crippen molar-refractivity contribution in [2.24, 2.45) is 5.73 Å². The highest BCUT2D eigenvalue weighted by molar-refractivity contribution is 7.13. The molecule has 3 aromatic rings. The first-order chi connectivity index (χ1) is 10.3. The van der Waals surface area contributed by atoms with E-state index < -0.39 is 0 Å². The highest BCUT2D eigenvalue weighted by Crippen LogP contribution is 2.18. The summed E-state index contributed by atoms with van der Waals surface area (Å²) >= 11 is 1.46. The number of hydrogen-bond acceptors (Lipinski definition) is 6. The van der Waals surface area contributed by atoms with Gasteiger partial charge >= 0.3 is 0 Å². The molecule has 0 amide bonds. The second-order valence-corrected chi connectivity index (χ2v) is 5.55. The molecule has 0 aliphatic carbocycles. The first kappa shape index (κ1) is 13.6. The summed E-state index contributed by atoms with van der Waals surface area (Å²) in [6.07, 6.45) is 3.95. The number of aromatic nitrogens is 5. The zero-order valence-corrected chi connectivity index (χ0v) is 12.3. The predicted molar refractivity (Wildman–Crippen MR) is 82.8 cm³/mol. The number of nitrogens with two attached hydrogens (primary N) is 1. The minimum atomic E-state index is 0.326. The smallest absolute Gasteiger partial charge is 0.234 e. The maximum Gasteiger partial charge on any atom is 0.234 e. The molecule has 7 heteroatoms. The van der Waals surface area contributed by atoms with Crippen molar-refractivity contribution in [1.29, 1.82) is 0 Å². The van der Waals surface area contributed by atoms with Crippen LogP contribution in [-0.4, -0.2) is 25.2 Å². The fraction of sp³-hybridized carbons (Fsp3) is 0.143.